The van der Waals surface area contributed by atoms with E-state index >= 15 is 0 Å². The van der Waals surface area contributed by atoms with Crippen LogP contribution in [-0.2, 0) is 10.0 Å². The number of carbonyl (C=O) groups is 1. The lowest BCUT2D eigenvalue weighted by Gasteiger charge is -2.09. The third kappa shape index (κ3) is 4.41. The van der Waals surface area contributed by atoms with E-state index in [1.165, 1.54) is 12.1 Å². The smallest absolute Gasteiger partial charge is 0.337 e. The van der Waals surface area contributed by atoms with Gasteiger partial charge in [0.2, 0.25) is 10.0 Å². The SMILES string of the molecule is CSCCCNS(=O)(=O)c1cc(N)ccc1C(=O)O. The molecule has 0 fully saturated rings. The molecule has 1 rings (SSSR count). The van der Waals surface area contributed by atoms with Crippen LogP contribution in [0.4, 0.5) is 5.69 Å². The van der Waals surface area contributed by atoms with E-state index < -0.39 is 16.0 Å². The van der Waals surface area contributed by atoms with Crippen molar-refractivity contribution in [2.75, 3.05) is 24.3 Å². The number of carboxylic acid groups (broad SMARTS) is 1. The molecule has 0 atom stereocenters. The van der Waals surface area contributed by atoms with Crippen LogP contribution in [-0.4, -0.2) is 38.0 Å². The number of hydrogen-bond donors (Lipinski definition) is 3. The molecule has 4 N–H and O–H groups in total. The van der Waals surface area contributed by atoms with Gasteiger partial charge in [-0.2, -0.15) is 11.8 Å². The maximum atomic E-state index is 12.0. The van der Waals surface area contributed by atoms with Crippen molar-refractivity contribution >= 4 is 33.4 Å². The van der Waals surface area contributed by atoms with E-state index in [2.05, 4.69) is 4.72 Å². The van der Waals surface area contributed by atoms with Gasteiger partial charge >= 0.3 is 5.97 Å². The van der Waals surface area contributed by atoms with E-state index in [9.17, 15) is 13.2 Å². The van der Waals surface area contributed by atoms with Crippen LogP contribution in [0.2, 0.25) is 0 Å². The van der Waals surface area contributed by atoms with Crippen LogP contribution in [0.25, 0.3) is 0 Å². The van der Waals surface area contributed by atoms with E-state index in [4.69, 9.17) is 10.8 Å². The molecule has 0 spiro atoms. The van der Waals surface area contributed by atoms with Crippen molar-refractivity contribution in [3.63, 3.8) is 0 Å². The maximum absolute atomic E-state index is 12.0. The number of sulfonamides is 1. The van der Waals surface area contributed by atoms with Gasteiger partial charge in [-0.25, -0.2) is 17.9 Å². The summed E-state index contributed by atoms with van der Waals surface area (Å²) in [7, 11) is -3.86. The van der Waals surface area contributed by atoms with Crippen LogP contribution in [0.5, 0.6) is 0 Å². The first kappa shape index (κ1) is 15.8. The van der Waals surface area contributed by atoms with Crippen molar-refractivity contribution in [2.45, 2.75) is 11.3 Å². The molecular weight excluding hydrogens is 288 g/mol. The van der Waals surface area contributed by atoms with Gasteiger partial charge < -0.3 is 10.8 Å². The topological polar surface area (TPSA) is 109 Å². The minimum absolute atomic E-state index is 0.203. The summed E-state index contributed by atoms with van der Waals surface area (Å²) in [6.45, 7) is 0.261. The molecule has 0 amide bonds. The summed E-state index contributed by atoms with van der Waals surface area (Å²) in [5.74, 6) is -0.477. The third-order valence-corrected chi connectivity index (χ3v) is 4.54. The van der Waals surface area contributed by atoms with Gasteiger partial charge in [-0.05, 0) is 36.6 Å². The summed E-state index contributed by atoms with van der Waals surface area (Å²) in [6, 6.07) is 3.70. The average molecular weight is 304 g/mol. The maximum Gasteiger partial charge on any atom is 0.337 e. The van der Waals surface area contributed by atoms with Crippen LogP contribution in [0, 0.1) is 0 Å². The Hall–Kier alpha value is -1.25. The molecule has 0 bridgehead atoms. The van der Waals surface area contributed by atoms with Gasteiger partial charge in [-0.3, -0.25) is 0 Å². The van der Waals surface area contributed by atoms with Crippen LogP contribution >= 0.6 is 11.8 Å². The highest BCUT2D eigenvalue weighted by molar-refractivity contribution is 7.98. The Morgan fingerprint density at radius 3 is 2.74 bits per heavy atom. The number of nitrogen functional groups attached to an aromatic ring is 1. The zero-order valence-electron chi connectivity index (χ0n) is 10.4. The first-order valence-corrected chi connectivity index (χ1v) is 8.37. The van der Waals surface area contributed by atoms with Crippen molar-refractivity contribution in [3.8, 4) is 0 Å². The number of rotatable bonds is 7. The molecule has 106 valence electrons. The van der Waals surface area contributed by atoms with Crippen LogP contribution in [0.1, 0.15) is 16.8 Å². The number of carboxylic acids is 1. The minimum Gasteiger partial charge on any atom is -0.478 e. The molecular formula is C11H16N2O4S2. The fraction of sp³-hybridized carbons (Fsp3) is 0.364. The van der Waals surface area contributed by atoms with E-state index in [1.807, 2.05) is 6.26 Å². The van der Waals surface area contributed by atoms with E-state index in [-0.39, 0.29) is 22.7 Å². The predicted octanol–water partition coefficient (Wildman–Crippen LogP) is 0.998. The lowest BCUT2D eigenvalue weighted by Crippen LogP contribution is -2.27. The summed E-state index contributed by atoms with van der Waals surface area (Å²) in [5.41, 5.74) is 5.43. The standard InChI is InChI=1S/C11H16N2O4S2/c1-18-6-2-5-13-19(16,17)10-7-8(12)3-4-9(10)11(14)15/h3-4,7,13H,2,5-6,12H2,1H3,(H,14,15). The largest absolute Gasteiger partial charge is 0.478 e. The Kier molecular flexibility index (Phi) is 5.64. The van der Waals surface area contributed by atoms with Gasteiger partial charge in [0.1, 0.15) is 0 Å². The van der Waals surface area contributed by atoms with Crippen molar-refractivity contribution in [3.05, 3.63) is 23.8 Å². The molecule has 0 radical (unpaired) electrons. The number of hydrogen-bond acceptors (Lipinski definition) is 5. The molecule has 0 aliphatic carbocycles. The molecule has 0 saturated heterocycles. The van der Waals surface area contributed by atoms with Gasteiger partial charge in [0.15, 0.2) is 0 Å². The first-order chi connectivity index (χ1) is 8.88. The quantitative estimate of drug-likeness (QED) is 0.512. The monoisotopic (exact) mass is 304 g/mol. The van der Waals surface area contributed by atoms with Crippen molar-refractivity contribution in [1.29, 1.82) is 0 Å². The highest BCUT2D eigenvalue weighted by Gasteiger charge is 2.22. The normalized spacial score (nSPS) is 11.4. The Labute approximate surface area is 116 Å². The van der Waals surface area contributed by atoms with E-state index in [1.54, 1.807) is 11.8 Å². The molecule has 0 aliphatic heterocycles. The number of nitrogens with one attached hydrogen (secondary N) is 1. The van der Waals surface area contributed by atoms with E-state index in [0.29, 0.717) is 6.42 Å². The van der Waals surface area contributed by atoms with Gasteiger partial charge in [-0.1, -0.05) is 0 Å². The van der Waals surface area contributed by atoms with Gasteiger partial charge in [0.25, 0.3) is 0 Å². The van der Waals surface area contributed by atoms with E-state index in [0.717, 1.165) is 11.8 Å². The molecule has 0 saturated carbocycles. The molecule has 8 heteroatoms. The zero-order chi connectivity index (χ0) is 14.5. The average Bonchev–Trinajstić information content (AvgIpc) is 2.34. The molecule has 1 aromatic carbocycles. The third-order valence-electron chi connectivity index (χ3n) is 2.34. The van der Waals surface area contributed by atoms with Crippen LogP contribution in [0.3, 0.4) is 0 Å². The van der Waals surface area contributed by atoms with Crippen molar-refractivity contribution in [1.82, 2.24) is 4.72 Å². The van der Waals surface area contributed by atoms with Crippen molar-refractivity contribution in [2.24, 2.45) is 0 Å². The Morgan fingerprint density at radius 2 is 2.16 bits per heavy atom. The molecule has 6 nitrogen and oxygen atoms in total. The highest BCUT2D eigenvalue weighted by atomic mass is 32.2. The molecule has 0 aliphatic rings. The number of benzene rings is 1. The van der Waals surface area contributed by atoms with Gasteiger partial charge in [0, 0.05) is 12.2 Å². The highest BCUT2D eigenvalue weighted by Crippen LogP contribution is 2.19. The number of anilines is 1. The van der Waals surface area contributed by atoms with Crippen LogP contribution in [0.15, 0.2) is 23.1 Å². The summed E-state index contributed by atoms with van der Waals surface area (Å²) < 4.78 is 26.4. The lowest BCUT2D eigenvalue weighted by molar-refractivity contribution is 0.0692. The van der Waals surface area contributed by atoms with Crippen molar-refractivity contribution < 1.29 is 18.3 Å². The second-order valence-electron chi connectivity index (χ2n) is 3.80. The fourth-order valence-electron chi connectivity index (χ4n) is 1.44. The summed E-state index contributed by atoms with van der Waals surface area (Å²) in [4.78, 5) is 10.7. The Bertz CT molecular complexity index is 558. The second kappa shape index (κ2) is 6.78. The first-order valence-electron chi connectivity index (χ1n) is 5.50. The summed E-state index contributed by atoms with van der Waals surface area (Å²) in [5, 5.41) is 8.99. The fourth-order valence-corrected chi connectivity index (χ4v) is 3.18. The lowest BCUT2D eigenvalue weighted by atomic mass is 10.2. The number of thioether (sulfide) groups is 1. The number of nitrogens with two attached hydrogens (primary N) is 1. The number of aromatic carboxylic acids is 1. The van der Waals surface area contributed by atoms with Gasteiger partial charge in [0.05, 0.1) is 10.5 Å². The summed E-state index contributed by atoms with van der Waals surface area (Å²) >= 11 is 1.61. The Balaban J connectivity index is 3.00. The summed E-state index contributed by atoms with van der Waals surface area (Å²) in [6.07, 6.45) is 2.60. The molecule has 0 aromatic heterocycles. The molecule has 19 heavy (non-hydrogen) atoms. The minimum atomic E-state index is -3.86. The molecule has 0 unspecified atom stereocenters. The molecule has 1 aromatic rings. The zero-order valence-corrected chi connectivity index (χ0v) is 12.1. The molecule has 0 heterocycles. The van der Waals surface area contributed by atoms with Crippen LogP contribution < -0.4 is 10.5 Å². The predicted molar refractivity (Wildman–Crippen MR) is 76.0 cm³/mol. The van der Waals surface area contributed by atoms with Gasteiger partial charge in [-0.15, -0.1) is 0 Å². The Morgan fingerprint density at radius 1 is 1.47 bits per heavy atom. The second-order valence-corrected chi connectivity index (χ2v) is 6.53.